The van der Waals surface area contributed by atoms with E-state index in [1.807, 2.05) is 13.0 Å². The molecule has 0 fully saturated rings. The van der Waals surface area contributed by atoms with E-state index in [1.165, 1.54) is 6.20 Å². The highest BCUT2D eigenvalue weighted by atomic mass is 35.5. The Morgan fingerprint density at radius 2 is 2.22 bits per heavy atom. The van der Waals surface area contributed by atoms with Gasteiger partial charge in [0.25, 0.3) is 5.91 Å². The summed E-state index contributed by atoms with van der Waals surface area (Å²) in [7, 11) is 1.74. The molecule has 0 aliphatic rings. The highest BCUT2D eigenvalue weighted by Crippen LogP contribution is 2.13. The van der Waals surface area contributed by atoms with E-state index in [-0.39, 0.29) is 5.91 Å². The van der Waals surface area contributed by atoms with Crippen LogP contribution in [0.1, 0.15) is 21.7 Å². The van der Waals surface area contributed by atoms with Crippen LogP contribution in [-0.2, 0) is 6.54 Å². The predicted molar refractivity (Wildman–Crippen MR) is 68.5 cm³/mol. The second-order valence-corrected chi connectivity index (χ2v) is 4.42. The number of hydrogen-bond acceptors (Lipinski definition) is 3. The molecule has 0 bridgehead atoms. The number of carbonyl (C=O) groups excluding carboxylic acids is 1. The van der Waals surface area contributed by atoms with Gasteiger partial charge in [-0.1, -0.05) is 11.6 Å². The average molecular weight is 265 g/mol. The van der Waals surface area contributed by atoms with E-state index < -0.39 is 0 Å². The van der Waals surface area contributed by atoms with E-state index in [0.717, 1.165) is 11.3 Å². The van der Waals surface area contributed by atoms with Crippen LogP contribution in [0, 0.1) is 6.92 Å². The fourth-order valence-electron chi connectivity index (χ4n) is 1.63. The first kappa shape index (κ1) is 12.6. The molecular formula is C13H13ClN2O2. The fourth-order valence-corrected chi connectivity index (χ4v) is 1.74. The minimum atomic E-state index is -0.0974. The molecule has 94 valence electrons. The topological polar surface area (TPSA) is 46.3 Å². The summed E-state index contributed by atoms with van der Waals surface area (Å²) >= 11 is 5.68. The number of aryl methyl sites for hydroxylation is 1. The maximum atomic E-state index is 12.1. The summed E-state index contributed by atoms with van der Waals surface area (Å²) in [4.78, 5) is 17.6. The van der Waals surface area contributed by atoms with Gasteiger partial charge in [0, 0.05) is 25.4 Å². The van der Waals surface area contributed by atoms with Crippen molar-refractivity contribution >= 4 is 17.5 Å². The molecule has 5 heteroatoms. The average Bonchev–Trinajstić information content (AvgIpc) is 2.75. The Bertz CT molecular complexity index is 548. The van der Waals surface area contributed by atoms with Gasteiger partial charge in [0.2, 0.25) is 0 Å². The van der Waals surface area contributed by atoms with Crippen molar-refractivity contribution in [3.8, 4) is 0 Å². The smallest absolute Gasteiger partial charge is 0.255 e. The van der Waals surface area contributed by atoms with Gasteiger partial charge in [-0.05, 0) is 25.1 Å². The number of pyridine rings is 1. The van der Waals surface area contributed by atoms with Crippen LogP contribution in [0.25, 0.3) is 0 Å². The predicted octanol–water partition coefficient (Wildman–Crippen LogP) is 2.91. The quantitative estimate of drug-likeness (QED) is 0.801. The number of hydrogen-bond donors (Lipinski definition) is 0. The monoisotopic (exact) mass is 264 g/mol. The molecule has 2 aromatic rings. The van der Waals surface area contributed by atoms with Gasteiger partial charge in [-0.2, -0.15) is 0 Å². The van der Waals surface area contributed by atoms with Gasteiger partial charge < -0.3 is 9.32 Å². The molecule has 18 heavy (non-hydrogen) atoms. The summed E-state index contributed by atoms with van der Waals surface area (Å²) < 4.78 is 5.20. The third-order valence-electron chi connectivity index (χ3n) is 2.69. The lowest BCUT2D eigenvalue weighted by atomic mass is 10.2. The second-order valence-electron chi connectivity index (χ2n) is 4.03. The highest BCUT2D eigenvalue weighted by Gasteiger charge is 2.14. The summed E-state index contributed by atoms with van der Waals surface area (Å²) in [6.07, 6.45) is 3.09. The van der Waals surface area contributed by atoms with Gasteiger partial charge in [0.15, 0.2) is 0 Å². The number of nitrogens with zero attached hydrogens (tertiary/aromatic N) is 2. The van der Waals surface area contributed by atoms with Gasteiger partial charge in [0.05, 0.1) is 11.8 Å². The summed E-state index contributed by atoms with van der Waals surface area (Å²) in [6, 6.07) is 5.13. The first-order chi connectivity index (χ1) is 8.58. The molecule has 1 amide bonds. The van der Waals surface area contributed by atoms with E-state index in [0.29, 0.717) is 17.3 Å². The molecule has 2 rings (SSSR count). The minimum absolute atomic E-state index is 0.0974. The molecule has 0 radical (unpaired) electrons. The van der Waals surface area contributed by atoms with Crippen LogP contribution in [0.2, 0.25) is 5.15 Å². The molecule has 2 aromatic heterocycles. The Balaban J connectivity index is 2.09. The minimum Gasteiger partial charge on any atom is -0.469 e. The third-order valence-corrected chi connectivity index (χ3v) is 2.92. The molecule has 0 aromatic carbocycles. The Kier molecular flexibility index (Phi) is 3.67. The van der Waals surface area contributed by atoms with Crippen LogP contribution in [0.15, 0.2) is 35.1 Å². The lowest BCUT2D eigenvalue weighted by Crippen LogP contribution is -2.26. The maximum absolute atomic E-state index is 12.1. The molecule has 0 saturated carbocycles. The first-order valence-electron chi connectivity index (χ1n) is 5.48. The third kappa shape index (κ3) is 2.71. The van der Waals surface area contributed by atoms with Crippen molar-refractivity contribution in [3.05, 3.63) is 52.7 Å². The van der Waals surface area contributed by atoms with Crippen LogP contribution < -0.4 is 0 Å². The Labute approximate surface area is 110 Å². The zero-order valence-corrected chi connectivity index (χ0v) is 10.9. The molecule has 0 saturated heterocycles. The normalized spacial score (nSPS) is 10.4. The summed E-state index contributed by atoms with van der Waals surface area (Å²) in [5, 5.41) is 0.375. The van der Waals surface area contributed by atoms with Crippen LogP contribution in [0.4, 0.5) is 0 Å². The second kappa shape index (κ2) is 5.23. The largest absolute Gasteiger partial charge is 0.469 e. The Morgan fingerprint density at radius 3 is 2.78 bits per heavy atom. The number of aromatic nitrogens is 1. The molecule has 0 unspecified atom stereocenters. The van der Waals surface area contributed by atoms with Gasteiger partial charge in [-0.25, -0.2) is 4.98 Å². The van der Waals surface area contributed by atoms with E-state index >= 15 is 0 Å². The highest BCUT2D eigenvalue weighted by molar-refractivity contribution is 6.29. The molecule has 0 atom stereocenters. The van der Waals surface area contributed by atoms with Crippen molar-refractivity contribution in [2.24, 2.45) is 0 Å². The zero-order chi connectivity index (χ0) is 13.1. The molecule has 0 aliphatic heterocycles. The Morgan fingerprint density at radius 1 is 1.44 bits per heavy atom. The standard InChI is InChI=1S/C13H13ClN2O2/c1-9-11(5-6-18-9)8-16(2)13(17)10-3-4-12(14)15-7-10/h3-7H,8H2,1-2H3. The summed E-state index contributed by atoms with van der Waals surface area (Å²) in [5.41, 5.74) is 1.51. The van der Waals surface area contributed by atoms with E-state index in [9.17, 15) is 4.79 Å². The molecule has 4 nitrogen and oxygen atoms in total. The van der Waals surface area contributed by atoms with Crippen molar-refractivity contribution < 1.29 is 9.21 Å². The lowest BCUT2D eigenvalue weighted by molar-refractivity contribution is 0.0784. The number of furan rings is 1. The van der Waals surface area contributed by atoms with Crippen molar-refractivity contribution in [1.82, 2.24) is 9.88 Å². The molecule has 0 spiro atoms. The van der Waals surface area contributed by atoms with Crippen LogP contribution in [-0.4, -0.2) is 22.8 Å². The van der Waals surface area contributed by atoms with Crippen LogP contribution >= 0.6 is 11.6 Å². The number of rotatable bonds is 3. The van der Waals surface area contributed by atoms with E-state index in [2.05, 4.69) is 4.98 Å². The molecule has 0 aliphatic carbocycles. The Hall–Kier alpha value is -1.81. The molecule has 2 heterocycles. The number of carbonyl (C=O) groups is 1. The van der Waals surface area contributed by atoms with Gasteiger partial charge >= 0.3 is 0 Å². The van der Waals surface area contributed by atoms with Gasteiger partial charge in [0.1, 0.15) is 10.9 Å². The van der Waals surface area contributed by atoms with Crippen molar-refractivity contribution in [3.63, 3.8) is 0 Å². The van der Waals surface area contributed by atoms with Gasteiger partial charge in [-0.3, -0.25) is 4.79 Å². The SMILES string of the molecule is Cc1occc1CN(C)C(=O)c1ccc(Cl)nc1. The van der Waals surface area contributed by atoms with Crippen molar-refractivity contribution in [2.45, 2.75) is 13.5 Å². The summed E-state index contributed by atoms with van der Waals surface area (Å²) in [6.45, 7) is 2.38. The number of halogens is 1. The van der Waals surface area contributed by atoms with Crippen LogP contribution in [0.3, 0.4) is 0 Å². The fraction of sp³-hybridized carbons (Fsp3) is 0.231. The van der Waals surface area contributed by atoms with Crippen LogP contribution in [0.5, 0.6) is 0 Å². The van der Waals surface area contributed by atoms with Crippen molar-refractivity contribution in [1.29, 1.82) is 0 Å². The zero-order valence-electron chi connectivity index (χ0n) is 10.2. The number of amides is 1. The lowest BCUT2D eigenvalue weighted by Gasteiger charge is -2.16. The molecule has 0 N–H and O–H groups in total. The van der Waals surface area contributed by atoms with Crippen molar-refractivity contribution in [2.75, 3.05) is 7.05 Å². The maximum Gasteiger partial charge on any atom is 0.255 e. The van der Waals surface area contributed by atoms with E-state index in [1.54, 1.807) is 30.3 Å². The summed E-state index contributed by atoms with van der Waals surface area (Å²) in [5.74, 6) is 0.726. The molecular weight excluding hydrogens is 252 g/mol. The van der Waals surface area contributed by atoms with Gasteiger partial charge in [-0.15, -0.1) is 0 Å². The van der Waals surface area contributed by atoms with E-state index in [4.69, 9.17) is 16.0 Å². The first-order valence-corrected chi connectivity index (χ1v) is 5.85.